The first kappa shape index (κ1) is 15.2. The van der Waals surface area contributed by atoms with Crippen molar-refractivity contribution in [2.45, 2.75) is 6.04 Å². The van der Waals surface area contributed by atoms with Gasteiger partial charge in [0.2, 0.25) is 0 Å². The summed E-state index contributed by atoms with van der Waals surface area (Å²) in [5.41, 5.74) is 4.80. The molecule has 0 aliphatic rings. The van der Waals surface area contributed by atoms with Crippen LogP contribution in [0.2, 0.25) is 0 Å². The number of nitrogens with two attached hydrogens (primary N) is 1. The Bertz CT molecular complexity index is 533. The van der Waals surface area contributed by atoms with Gasteiger partial charge in [0.1, 0.15) is 10.5 Å². The van der Waals surface area contributed by atoms with E-state index in [2.05, 4.69) is 15.9 Å². The van der Waals surface area contributed by atoms with Gasteiger partial charge in [0, 0.05) is 0 Å². The van der Waals surface area contributed by atoms with Crippen molar-refractivity contribution < 1.29 is 24.3 Å². The summed E-state index contributed by atoms with van der Waals surface area (Å²) in [5, 5.41) is 20.0. The number of benzene rings is 1. The van der Waals surface area contributed by atoms with Crippen LogP contribution in [0.3, 0.4) is 0 Å². The quantitative estimate of drug-likeness (QED) is 0.616. The maximum Gasteiger partial charge on any atom is 0.325 e. The second kappa shape index (κ2) is 5.85. The Hall–Kier alpha value is -1.87. The lowest BCUT2D eigenvalue weighted by Crippen LogP contribution is -2.22. The van der Waals surface area contributed by atoms with Crippen LogP contribution < -0.4 is 15.2 Å². The second-order valence-corrected chi connectivity index (χ2v) is 4.23. The summed E-state index contributed by atoms with van der Waals surface area (Å²) in [7, 11) is 2.63. The van der Waals surface area contributed by atoms with E-state index in [1.807, 2.05) is 0 Å². The third-order valence-corrected chi connectivity index (χ3v) is 3.13. The van der Waals surface area contributed by atoms with Gasteiger partial charge >= 0.3 is 5.97 Å². The smallest absolute Gasteiger partial charge is 0.325 e. The van der Waals surface area contributed by atoms with Gasteiger partial charge in [-0.15, -0.1) is 0 Å². The number of nitro benzene ring substituents is 1. The fraction of sp³-hybridized carbons (Fsp3) is 0.300. The lowest BCUT2D eigenvalue weighted by molar-refractivity contribution is -0.386. The van der Waals surface area contributed by atoms with E-state index >= 15 is 0 Å². The number of aliphatic carboxylic acids is 1. The molecule has 1 atom stereocenters. The number of hydrogen-bond acceptors (Lipinski definition) is 6. The molecule has 0 radical (unpaired) electrons. The molecule has 0 saturated heterocycles. The summed E-state index contributed by atoms with van der Waals surface area (Å²) in [5.74, 6) is -1.15. The number of carboxylic acids is 1. The third-order valence-electron chi connectivity index (χ3n) is 2.40. The molecule has 0 spiro atoms. The van der Waals surface area contributed by atoms with Crippen molar-refractivity contribution >= 4 is 27.6 Å². The summed E-state index contributed by atoms with van der Waals surface area (Å²) < 4.78 is 9.96. The van der Waals surface area contributed by atoms with Crippen LogP contribution in [0.1, 0.15) is 11.6 Å². The molecule has 0 saturated carbocycles. The Balaban J connectivity index is 3.66. The summed E-state index contributed by atoms with van der Waals surface area (Å²) in [6, 6.07) is -0.364. The number of hydrogen-bond donors (Lipinski definition) is 2. The molecule has 0 aromatic heterocycles. The number of nitro groups is 1. The van der Waals surface area contributed by atoms with Gasteiger partial charge in [0.25, 0.3) is 5.69 Å². The van der Waals surface area contributed by atoms with Gasteiger partial charge in [0.15, 0.2) is 11.5 Å². The predicted molar refractivity (Wildman–Crippen MR) is 68.5 cm³/mol. The molecule has 0 aliphatic heterocycles. The Kier molecular flexibility index (Phi) is 4.67. The van der Waals surface area contributed by atoms with E-state index in [1.54, 1.807) is 0 Å². The zero-order chi connectivity index (χ0) is 14.7. The molecule has 3 N–H and O–H groups in total. The van der Waals surface area contributed by atoms with Crippen molar-refractivity contribution in [1.82, 2.24) is 0 Å². The highest BCUT2D eigenvalue weighted by Crippen LogP contribution is 2.45. The van der Waals surface area contributed by atoms with E-state index in [9.17, 15) is 14.9 Å². The van der Waals surface area contributed by atoms with Crippen molar-refractivity contribution in [3.63, 3.8) is 0 Å². The molecule has 0 bridgehead atoms. The number of carboxylic acid groups (broad SMARTS) is 1. The molecule has 0 amide bonds. The Morgan fingerprint density at radius 1 is 1.53 bits per heavy atom. The van der Waals surface area contributed by atoms with E-state index in [0.717, 1.165) is 0 Å². The molecule has 0 unspecified atom stereocenters. The van der Waals surface area contributed by atoms with Gasteiger partial charge in [-0.05, 0) is 22.0 Å². The van der Waals surface area contributed by atoms with Gasteiger partial charge in [0.05, 0.1) is 24.7 Å². The minimum atomic E-state index is -1.54. The Labute approximate surface area is 116 Å². The molecule has 1 aromatic carbocycles. The van der Waals surface area contributed by atoms with Crippen LogP contribution in [-0.4, -0.2) is 30.2 Å². The van der Waals surface area contributed by atoms with Crippen LogP contribution in [-0.2, 0) is 4.79 Å². The molecule has 0 aliphatic carbocycles. The zero-order valence-corrected chi connectivity index (χ0v) is 11.6. The van der Waals surface area contributed by atoms with Gasteiger partial charge < -0.3 is 20.3 Å². The normalized spacial score (nSPS) is 11.8. The van der Waals surface area contributed by atoms with E-state index in [-0.39, 0.29) is 21.5 Å². The summed E-state index contributed by atoms with van der Waals surface area (Å²) in [6.45, 7) is 0. The highest BCUT2D eigenvalue weighted by atomic mass is 79.9. The number of methoxy groups -OCH3 is 2. The number of halogens is 1. The molecule has 19 heavy (non-hydrogen) atoms. The lowest BCUT2D eigenvalue weighted by atomic mass is 10.0. The highest BCUT2D eigenvalue weighted by Gasteiger charge is 2.31. The third kappa shape index (κ3) is 2.76. The summed E-state index contributed by atoms with van der Waals surface area (Å²) in [6.07, 6.45) is 0. The van der Waals surface area contributed by atoms with Gasteiger partial charge in [-0.1, -0.05) is 0 Å². The molecule has 1 aromatic rings. The predicted octanol–water partition coefficient (Wildman–Crippen LogP) is 1.46. The molecule has 0 fully saturated rings. The maximum absolute atomic E-state index is 11.1. The van der Waals surface area contributed by atoms with Gasteiger partial charge in [-0.25, -0.2) is 0 Å². The minimum absolute atomic E-state index is 0.0222. The molecule has 8 nitrogen and oxygen atoms in total. The SMILES string of the molecule is COc1cc([C@H](N)C(=O)O)c([N+](=O)[O-])c(Br)c1OC. The standard InChI is InChI=1S/C10H11BrN2O6/c1-18-5-3-4(7(12)10(14)15)8(13(16)17)6(11)9(5)19-2/h3,7H,12H2,1-2H3,(H,14,15)/t7-/m0/s1. The fourth-order valence-electron chi connectivity index (χ4n) is 1.52. The fourth-order valence-corrected chi connectivity index (χ4v) is 2.25. The first-order valence-corrected chi connectivity index (χ1v) is 5.71. The van der Waals surface area contributed by atoms with E-state index in [4.69, 9.17) is 20.3 Å². The minimum Gasteiger partial charge on any atom is -0.493 e. The van der Waals surface area contributed by atoms with Crippen molar-refractivity contribution in [2.75, 3.05) is 14.2 Å². The van der Waals surface area contributed by atoms with Crippen LogP contribution in [0, 0.1) is 10.1 Å². The lowest BCUT2D eigenvalue weighted by Gasteiger charge is -2.14. The number of carbonyl (C=O) groups is 1. The van der Waals surface area contributed by atoms with Crippen molar-refractivity contribution in [3.05, 3.63) is 26.2 Å². The van der Waals surface area contributed by atoms with Crippen LogP contribution in [0.5, 0.6) is 11.5 Å². The van der Waals surface area contributed by atoms with Crippen molar-refractivity contribution in [3.8, 4) is 11.5 Å². The molecule has 0 heterocycles. The largest absolute Gasteiger partial charge is 0.493 e. The highest BCUT2D eigenvalue weighted by molar-refractivity contribution is 9.10. The van der Waals surface area contributed by atoms with Crippen LogP contribution in [0.4, 0.5) is 5.69 Å². The van der Waals surface area contributed by atoms with Crippen LogP contribution >= 0.6 is 15.9 Å². The number of ether oxygens (including phenoxy) is 2. The zero-order valence-electron chi connectivity index (χ0n) is 10.0. The number of nitrogens with zero attached hydrogens (tertiary/aromatic N) is 1. The molecular weight excluding hydrogens is 324 g/mol. The first-order valence-electron chi connectivity index (χ1n) is 4.92. The maximum atomic E-state index is 11.1. The Morgan fingerprint density at radius 2 is 2.11 bits per heavy atom. The number of rotatable bonds is 5. The van der Waals surface area contributed by atoms with E-state index < -0.39 is 22.6 Å². The average Bonchev–Trinajstić information content (AvgIpc) is 2.35. The van der Waals surface area contributed by atoms with Crippen molar-refractivity contribution in [2.24, 2.45) is 5.73 Å². The van der Waals surface area contributed by atoms with Crippen LogP contribution in [0.25, 0.3) is 0 Å². The molecule has 104 valence electrons. The van der Waals surface area contributed by atoms with Crippen molar-refractivity contribution in [1.29, 1.82) is 0 Å². The van der Waals surface area contributed by atoms with E-state index in [0.29, 0.717) is 0 Å². The summed E-state index contributed by atoms with van der Waals surface area (Å²) >= 11 is 3.01. The van der Waals surface area contributed by atoms with Gasteiger partial charge in [-0.2, -0.15) is 0 Å². The van der Waals surface area contributed by atoms with Gasteiger partial charge in [-0.3, -0.25) is 14.9 Å². The Morgan fingerprint density at radius 3 is 2.47 bits per heavy atom. The summed E-state index contributed by atoms with van der Waals surface area (Å²) in [4.78, 5) is 21.2. The molecule has 1 rings (SSSR count). The molecule has 9 heteroatoms. The van der Waals surface area contributed by atoms with Crippen LogP contribution in [0.15, 0.2) is 10.5 Å². The van der Waals surface area contributed by atoms with E-state index in [1.165, 1.54) is 20.3 Å². The molecular formula is C10H11BrN2O6. The average molecular weight is 335 g/mol. The first-order chi connectivity index (χ1) is 8.84. The monoisotopic (exact) mass is 334 g/mol. The second-order valence-electron chi connectivity index (χ2n) is 3.44. The topological polar surface area (TPSA) is 125 Å².